The number of fused-ring (bicyclic) bond motifs is 1. The highest BCUT2D eigenvalue weighted by Crippen LogP contribution is 2.37. The second-order valence-corrected chi connectivity index (χ2v) is 7.46. The van der Waals surface area contributed by atoms with Crippen LogP contribution in [0.25, 0.3) is 11.3 Å². The summed E-state index contributed by atoms with van der Waals surface area (Å²) in [4.78, 5) is 23.8. The van der Waals surface area contributed by atoms with Gasteiger partial charge in [-0.3, -0.25) is 9.59 Å². The summed E-state index contributed by atoms with van der Waals surface area (Å²) in [6.45, 7) is 4.04. The molecule has 0 spiro atoms. The molecule has 1 aliphatic heterocycles. The van der Waals surface area contributed by atoms with Crippen molar-refractivity contribution in [2.75, 3.05) is 17.2 Å². The number of halogens is 2. The van der Waals surface area contributed by atoms with Crippen LogP contribution in [-0.2, 0) is 4.79 Å². The van der Waals surface area contributed by atoms with Crippen LogP contribution in [0.2, 0.25) is 5.02 Å². The van der Waals surface area contributed by atoms with Gasteiger partial charge in [-0.15, -0.1) is 0 Å². The van der Waals surface area contributed by atoms with E-state index in [0.29, 0.717) is 29.3 Å². The van der Waals surface area contributed by atoms with E-state index in [9.17, 15) is 14.0 Å². The molecule has 4 rings (SSSR count). The van der Waals surface area contributed by atoms with Crippen molar-refractivity contribution >= 4 is 34.9 Å². The van der Waals surface area contributed by atoms with Gasteiger partial charge in [0.25, 0.3) is 5.91 Å². The largest absolute Gasteiger partial charge is 0.369 e. The van der Waals surface area contributed by atoms with E-state index in [4.69, 9.17) is 17.3 Å². The van der Waals surface area contributed by atoms with Crippen molar-refractivity contribution in [3.8, 4) is 11.3 Å². The van der Waals surface area contributed by atoms with Crippen LogP contribution in [0, 0.1) is 5.82 Å². The van der Waals surface area contributed by atoms with E-state index in [-0.39, 0.29) is 22.5 Å². The number of rotatable bonds is 5. The maximum absolute atomic E-state index is 13.6. The first kappa shape index (κ1) is 20.6. The Labute approximate surface area is 182 Å². The van der Waals surface area contributed by atoms with Crippen molar-refractivity contribution in [3.05, 3.63) is 77.1 Å². The number of nitrogens with two attached hydrogens (primary N) is 1. The smallest absolute Gasteiger partial charge is 0.254 e. The molecular formula is C22H19ClFN5O2. The first-order valence-electron chi connectivity index (χ1n) is 9.54. The first-order chi connectivity index (χ1) is 14.9. The summed E-state index contributed by atoms with van der Waals surface area (Å²) in [7, 11) is 0. The van der Waals surface area contributed by atoms with Crippen molar-refractivity contribution < 1.29 is 14.0 Å². The molecule has 1 atom stereocenters. The molecule has 158 valence electrons. The van der Waals surface area contributed by atoms with Crippen molar-refractivity contribution in [1.82, 2.24) is 9.78 Å². The Morgan fingerprint density at radius 3 is 2.68 bits per heavy atom. The van der Waals surface area contributed by atoms with E-state index in [1.807, 2.05) is 12.1 Å². The molecule has 0 saturated carbocycles. The summed E-state index contributed by atoms with van der Waals surface area (Å²) in [6.07, 6.45) is 1.92. The lowest BCUT2D eigenvalue weighted by Gasteiger charge is -2.26. The third-order valence-corrected chi connectivity index (χ3v) is 5.39. The van der Waals surface area contributed by atoms with Crippen LogP contribution in [0.3, 0.4) is 0 Å². The quantitative estimate of drug-likeness (QED) is 0.523. The fraction of sp³-hybridized carbons (Fsp3) is 0.136. The highest BCUT2D eigenvalue weighted by molar-refractivity contribution is 6.31. The molecule has 0 saturated heterocycles. The van der Waals surface area contributed by atoms with Gasteiger partial charge in [0.1, 0.15) is 22.9 Å². The molecule has 31 heavy (non-hydrogen) atoms. The van der Waals surface area contributed by atoms with Gasteiger partial charge >= 0.3 is 0 Å². The number of anilines is 2. The van der Waals surface area contributed by atoms with Gasteiger partial charge in [-0.25, -0.2) is 9.07 Å². The summed E-state index contributed by atoms with van der Waals surface area (Å²) < 4.78 is 15.3. The zero-order valence-corrected chi connectivity index (χ0v) is 17.1. The molecule has 9 heteroatoms. The molecule has 2 heterocycles. The van der Waals surface area contributed by atoms with Crippen molar-refractivity contribution in [3.63, 3.8) is 0 Å². The van der Waals surface area contributed by atoms with E-state index in [1.54, 1.807) is 16.8 Å². The fourth-order valence-corrected chi connectivity index (χ4v) is 3.83. The predicted molar refractivity (Wildman–Crippen MR) is 118 cm³/mol. The molecule has 0 aliphatic carbocycles. The highest BCUT2D eigenvalue weighted by atomic mass is 35.5. The molecule has 0 fully saturated rings. The third-order valence-electron chi connectivity index (χ3n) is 5.10. The minimum absolute atomic E-state index is 0.0689. The Balaban J connectivity index is 1.76. The number of hydrogen-bond donors (Lipinski definition) is 3. The van der Waals surface area contributed by atoms with Gasteiger partial charge < -0.3 is 16.4 Å². The molecule has 1 unspecified atom stereocenters. The number of aromatic nitrogens is 2. The zero-order valence-electron chi connectivity index (χ0n) is 16.4. The molecule has 4 N–H and O–H groups in total. The van der Waals surface area contributed by atoms with E-state index < -0.39 is 11.7 Å². The average molecular weight is 440 g/mol. The number of hydrogen-bond acceptors (Lipinski definition) is 4. The molecule has 3 aromatic rings. The van der Waals surface area contributed by atoms with Crippen LogP contribution in [0.4, 0.5) is 15.9 Å². The monoisotopic (exact) mass is 439 g/mol. The Kier molecular flexibility index (Phi) is 5.48. The molecule has 1 aliphatic rings. The van der Waals surface area contributed by atoms with Crippen LogP contribution < -0.4 is 16.4 Å². The Hall–Kier alpha value is -3.65. The number of carbonyl (C=O) groups is 2. The van der Waals surface area contributed by atoms with Gasteiger partial charge in [-0.1, -0.05) is 30.3 Å². The van der Waals surface area contributed by atoms with Crippen molar-refractivity contribution in [2.24, 2.45) is 5.73 Å². The van der Waals surface area contributed by atoms with Crippen molar-refractivity contribution in [1.29, 1.82) is 0 Å². The minimum atomic E-state index is -0.646. The first-order valence-corrected chi connectivity index (χ1v) is 9.92. The average Bonchev–Trinajstić information content (AvgIpc) is 3.16. The fourth-order valence-electron chi connectivity index (χ4n) is 3.65. The van der Waals surface area contributed by atoms with Crippen LogP contribution in [0.5, 0.6) is 0 Å². The number of nitrogens with zero attached hydrogens (tertiary/aromatic N) is 2. The van der Waals surface area contributed by atoms with Gasteiger partial charge in [0.15, 0.2) is 0 Å². The zero-order chi connectivity index (χ0) is 22.1. The Morgan fingerprint density at radius 1 is 1.29 bits per heavy atom. The molecule has 7 nitrogen and oxygen atoms in total. The Morgan fingerprint density at radius 2 is 2.03 bits per heavy atom. The maximum atomic E-state index is 13.6. The molecule has 0 bridgehead atoms. The number of benzene rings is 2. The summed E-state index contributed by atoms with van der Waals surface area (Å²) >= 11 is 5.93. The highest BCUT2D eigenvalue weighted by Gasteiger charge is 2.30. The third kappa shape index (κ3) is 3.89. The molecule has 2 amide bonds. The number of carbonyl (C=O) groups excluding carboxylic acids is 2. The van der Waals surface area contributed by atoms with Gasteiger partial charge in [-0.05, 0) is 48.4 Å². The molecule has 0 radical (unpaired) electrons. The van der Waals surface area contributed by atoms with E-state index >= 15 is 0 Å². The molecule has 1 aromatic heterocycles. The van der Waals surface area contributed by atoms with Gasteiger partial charge in [0.2, 0.25) is 5.91 Å². The Bertz CT molecular complexity index is 1190. The summed E-state index contributed by atoms with van der Waals surface area (Å²) in [5.74, 6) is -0.997. The van der Waals surface area contributed by atoms with Crippen LogP contribution in [0.15, 0.2) is 55.1 Å². The van der Waals surface area contributed by atoms with Crippen LogP contribution >= 0.6 is 11.6 Å². The summed E-state index contributed by atoms with van der Waals surface area (Å²) in [6, 6.07) is 11.3. The van der Waals surface area contributed by atoms with E-state index in [0.717, 1.165) is 12.0 Å². The normalized spacial score (nSPS) is 15.0. The van der Waals surface area contributed by atoms with E-state index in [1.165, 1.54) is 24.3 Å². The lowest BCUT2D eigenvalue weighted by Crippen LogP contribution is -2.26. The lowest BCUT2D eigenvalue weighted by molar-refractivity contribution is -0.111. The predicted octanol–water partition coefficient (Wildman–Crippen LogP) is 3.97. The van der Waals surface area contributed by atoms with Crippen LogP contribution in [-0.4, -0.2) is 28.1 Å². The lowest BCUT2D eigenvalue weighted by atomic mass is 10.0. The standard InChI is InChI=1S/C22H19ClFN5O2/c1-2-18(30)27-14-6-3-12(4-7-14)17-9-10-26-22-19(21(25)31)20(28-29(17)22)13-5-8-16(24)15(23)11-13/h2-8,11,17,26H,1,9-10H2,(H2,25,31)(H,27,30). The summed E-state index contributed by atoms with van der Waals surface area (Å²) in [5.41, 5.74) is 8.30. The number of primary amides is 1. The number of amides is 2. The van der Waals surface area contributed by atoms with Crippen LogP contribution in [0.1, 0.15) is 28.4 Å². The van der Waals surface area contributed by atoms with Gasteiger partial charge in [0.05, 0.1) is 11.1 Å². The molecular weight excluding hydrogens is 421 g/mol. The number of nitrogens with one attached hydrogen (secondary N) is 2. The molecule has 2 aromatic carbocycles. The van der Waals surface area contributed by atoms with E-state index in [2.05, 4.69) is 22.3 Å². The van der Waals surface area contributed by atoms with Crippen molar-refractivity contribution in [2.45, 2.75) is 12.5 Å². The van der Waals surface area contributed by atoms with Gasteiger partial charge in [-0.2, -0.15) is 5.10 Å². The second-order valence-electron chi connectivity index (χ2n) is 7.06. The topological polar surface area (TPSA) is 102 Å². The van der Waals surface area contributed by atoms with Gasteiger partial charge in [0, 0.05) is 17.8 Å². The second kappa shape index (κ2) is 8.23. The SMILES string of the molecule is C=CC(=O)Nc1ccc(C2CCNc3c(C(N)=O)c(-c4ccc(F)c(Cl)c4)nn32)cc1. The minimum Gasteiger partial charge on any atom is -0.369 e. The summed E-state index contributed by atoms with van der Waals surface area (Å²) in [5, 5.41) is 10.5. The maximum Gasteiger partial charge on any atom is 0.254 e.